The standard InChI is InChI=1S/C34H33FN8O4/c1-5-46-31-15-26-24(14-28(31)41-34(44)25(35)12-22-7-6-9-42(22)3)33(21(17-36)18-37-26)40-27-11-20(2)29(16-30(27)45-4)47-23-8-10-43-32(13-23)38-19-39-43/h8,10-16,18-19,22H,5-7,9H2,1-4H3,(H,37,40)(H,41,44)/b25-12+/t22-/m1/s1. The number of benzene rings is 2. The third kappa shape index (κ3) is 6.49. The molecule has 0 unspecified atom stereocenters. The summed E-state index contributed by atoms with van der Waals surface area (Å²) < 4.78 is 34.4. The Kier molecular flexibility index (Phi) is 8.86. The highest BCUT2D eigenvalue weighted by molar-refractivity contribution is 6.06. The maximum atomic E-state index is 15.1. The zero-order valence-electron chi connectivity index (χ0n) is 26.4. The van der Waals surface area contributed by atoms with E-state index >= 15 is 4.39 Å². The van der Waals surface area contributed by atoms with Crippen LogP contribution in [-0.2, 0) is 4.79 Å². The highest BCUT2D eigenvalue weighted by atomic mass is 19.1. The molecular weight excluding hydrogens is 603 g/mol. The van der Waals surface area contributed by atoms with Gasteiger partial charge in [-0.15, -0.1) is 0 Å². The van der Waals surface area contributed by atoms with E-state index in [9.17, 15) is 10.1 Å². The van der Waals surface area contributed by atoms with E-state index in [1.807, 2.05) is 24.9 Å². The van der Waals surface area contributed by atoms with Crippen molar-refractivity contribution in [3.05, 3.63) is 78.1 Å². The number of hydrogen-bond donors (Lipinski definition) is 2. The van der Waals surface area contributed by atoms with Crippen LogP contribution in [0.3, 0.4) is 0 Å². The summed E-state index contributed by atoms with van der Waals surface area (Å²) >= 11 is 0. The molecule has 6 rings (SSSR count). The number of methoxy groups -OCH3 is 1. The van der Waals surface area contributed by atoms with E-state index in [0.717, 1.165) is 24.9 Å². The Morgan fingerprint density at radius 1 is 1.17 bits per heavy atom. The van der Waals surface area contributed by atoms with E-state index < -0.39 is 11.7 Å². The molecule has 3 aromatic heterocycles. The van der Waals surface area contributed by atoms with Gasteiger partial charge in [0.05, 0.1) is 41.9 Å². The number of fused-ring (bicyclic) bond motifs is 2. The lowest BCUT2D eigenvalue weighted by atomic mass is 10.1. The van der Waals surface area contributed by atoms with E-state index in [1.54, 1.807) is 48.0 Å². The van der Waals surface area contributed by atoms with Gasteiger partial charge in [-0.1, -0.05) is 0 Å². The molecule has 2 N–H and O–H groups in total. The number of rotatable bonds is 10. The average molecular weight is 637 g/mol. The summed E-state index contributed by atoms with van der Waals surface area (Å²) in [5.74, 6) is 0.136. The number of aryl methyl sites for hydroxylation is 1. The summed E-state index contributed by atoms with van der Waals surface area (Å²) in [5.41, 5.74) is 3.39. The quantitative estimate of drug-likeness (QED) is 0.168. The number of hydrogen-bond acceptors (Lipinski definition) is 10. The van der Waals surface area contributed by atoms with E-state index in [4.69, 9.17) is 14.2 Å². The predicted octanol–water partition coefficient (Wildman–Crippen LogP) is 6.29. The lowest BCUT2D eigenvalue weighted by Gasteiger charge is -2.19. The molecule has 12 nitrogen and oxygen atoms in total. The van der Waals surface area contributed by atoms with Gasteiger partial charge in [-0.2, -0.15) is 10.4 Å². The van der Waals surface area contributed by atoms with Crippen LogP contribution in [0.2, 0.25) is 0 Å². The summed E-state index contributed by atoms with van der Waals surface area (Å²) in [7, 11) is 3.44. The maximum Gasteiger partial charge on any atom is 0.284 e. The summed E-state index contributed by atoms with van der Waals surface area (Å²) in [4.78, 5) is 23.7. The van der Waals surface area contributed by atoms with Crippen molar-refractivity contribution in [1.82, 2.24) is 24.5 Å². The SMILES string of the molecule is CCOc1cc2ncc(C#N)c(Nc3cc(C)c(Oc4ccn5ncnc5c4)cc3OC)c2cc1NC(=O)/C(F)=C\[C@H]1CCCN1C. The number of aromatic nitrogens is 4. The Hall–Kier alpha value is -5.74. The molecule has 0 bridgehead atoms. The second-order valence-electron chi connectivity index (χ2n) is 11.1. The van der Waals surface area contributed by atoms with Crippen molar-refractivity contribution in [2.24, 2.45) is 0 Å². The van der Waals surface area contributed by atoms with Gasteiger partial charge in [-0.25, -0.2) is 13.9 Å². The van der Waals surface area contributed by atoms with Gasteiger partial charge in [-0.05, 0) is 70.1 Å². The lowest BCUT2D eigenvalue weighted by molar-refractivity contribution is -0.114. The van der Waals surface area contributed by atoms with E-state index in [-0.39, 0.29) is 17.3 Å². The summed E-state index contributed by atoms with van der Waals surface area (Å²) in [5, 5.41) is 20.6. The molecule has 0 radical (unpaired) electrons. The van der Waals surface area contributed by atoms with Crippen LogP contribution < -0.4 is 24.8 Å². The van der Waals surface area contributed by atoms with Crippen LogP contribution in [0, 0.1) is 18.3 Å². The van der Waals surface area contributed by atoms with Crippen LogP contribution >= 0.6 is 0 Å². The number of anilines is 3. The van der Waals surface area contributed by atoms with Gasteiger partial charge >= 0.3 is 0 Å². The van der Waals surface area contributed by atoms with Crippen molar-refractivity contribution >= 4 is 39.5 Å². The first-order valence-electron chi connectivity index (χ1n) is 15.1. The number of halogens is 1. The van der Waals surface area contributed by atoms with E-state index in [1.165, 1.54) is 25.7 Å². The average Bonchev–Trinajstić information content (AvgIpc) is 3.70. The monoisotopic (exact) mass is 636 g/mol. The number of pyridine rings is 2. The largest absolute Gasteiger partial charge is 0.494 e. The third-order valence-corrected chi connectivity index (χ3v) is 8.01. The number of ether oxygens (including phenoxy) is 3. The van der Waals surface area contributed by atoms with Gasteiger partial charge in [0, 0.05) is 42.0 Å². The zero-order valence-corrected chi connectivity index (χ0v) is 26.4. The van der Waals surface area contributed by atoms with Crippen LogP contribution in [0.25, 0.3) is 16.6 Å². The van der Waals surface area contributed by atoms with Gasteiger partial charge < -0.3 is 24.8 Å². The smallest absolute Gasteiger partial charge is 0.284 e. The van der Waals surface area contributed by atoms with E-state index in [0.29, 0.717) is 57.5 Å². The van der Waals surface area contributed by atoms with Gasteiger partial charge in [0.15, 0.2) is 11.5 Å². The fourth-order valence-electron chi connectivity index (χ4n) is 5.55. The lowest BCUT2D eigenvalue weighted by Crippen LogP contribution is -2.24. The van der Waals surface area contributed by atoms with Crippen LogP contribution in [0.1, 0.15) is 30.9 Å². The van der Waals surface area contributed by atoms with Crippen LogP contribution in [0.5, 0.6) is 23.0 Å². The highest BCUT2D eigenvalue weighted by Gasteiger charge is 2.23. The second kappa shape index (κ2) is 13.3. The first kappa shape index (κ1) is 31.3. The summed E-state index contributed by atoms with van der Waals surface area (Å²) in [6, 6.07) is 12.5. The molecule has 0 saturated carbocycles. The Morgan fingerprint density at radius 2 is 2.02 bits per heavy atom. The normalized spacial score (nSPS) is 15.1. The Morgan fingerprint density at radius 3 is 2.77 bits per heavy atom. The fraction of sp³-hybridized carbons (Fsp3) is 0.265. The molecule has 1 aliphatic rings. The van der Waals surface area contributed by atoms with E-state index in [2.05, 4.69) is 31.8 Å². The second-order valence-corrected chi connectivity index (χ2v) is 11.1. The van der Waals surface area contributed by atoms with Crippen molar-refractivity contribution in [3.8, 4) is 29.1 Å². The number of nitrogens with one attached hydrogen (secondary N) is 2. The van der Waals surface area contributed by atoms with Gasteiger partial charge in [-0.3, -0.25) is 14.7 Å². The van der Waals surface area contributed by atoms with Crippen LogP contribution in [-0.4, -0.2) is 63.7 Å². The minimum Gasteiger partial charge on any atom is -0.494 e. The third-order valence-electron chi connectivity index (χ3n) is 8.01. The molecule has 240 valence electrons. The molecule has 0 spiro atoms. The fourth-order valence-corrected chi connectivity index (χ4v) is 5.55. The Bertz CT molecular complexity index is 2050. The molecule has 1 saturated heterocycles. The first-order chi connectivity index (χ1) is 22.8. The number of amides is 1. The van der Waals surface area contributed by atoms with Crippen LogP contribution in [0.4, 0.5) is 21.5 Å². The van der Waals surface area contributed by atoms with Gasteiger partial charge in [0.1, 0.15) is 35.4 Å². The molecule has 4 heterocycles. The number of nitriles is 1. The van der Waals surface area contributed by atoms with Crippen molar-refractivity contribution in [2.75, 3.05) is 37.9 Å². The Labute approximate surface area is 270 Å². The molecular formula is C34H33FN8O4. The number of carbonyl (C=O) groups excluding carboxylic acids is 1. The van der Waals surface area contributed by atoms with Crippen molar-refractivity contribution in [1.29, 1.82) is 5.26 Å². The number of likely N-dealkylation sites (tertiary alicyclic amines) is 1. The maximum absolute atomic E-state index is 15.1. The zero-order chi connectivity index (χ0) is 33.1. The molecule has 5 aromatic rings. The molecule has 1 atom stereocenters. The van der Waals surface area contributed by atoms with Crippen molar-refractivity contribution < 1.29 is 23.4 Å². The van der Waals surface area contributed by atoms with Gasteiger partial charge in [0.25, 0.3) is 5.91 Å². The molecule has 13 heteroatoms. The van der Waals surface area contributed by atoms with Crippen LogP contribution in [0.15, 0.2) is 67.0 Å². The van der Waals surface area contributed by atoms with Crippen molar-refractivity contribution in [3.63, 3.8) is 0 Å². The molecule has 1 fully saturated rings. The minimum atomic E-state index is -0.888. The summed E-state index contributed by atoms with van der Waals surface area (Å²) in [6.45, 7) is 4.84. The predicted molar refractivity (Wildman–Crippen MR) is 175 cm³/mol. The number of nitrogens with zero attached hydrogens (tertiary/aromatic N) is 6. The number of carbonyl (C=O) groups is 1. The van der Waals surface area contributed by atoms with Gasteiger partial charge in [0.2, 0.25) is 0 Å². The van der Waals surface area contributed by atoms with Crippen molar-refractivity contribution in [2.45, 2.75) is 32.7 Å². The molecule has 0 aliphatic carbocycles. The molecule has 2 aromatic carbocycles. The molecule has 47 heavy (non-hydrogen) atoms. The molecule has 1 aliphatic heterocycles. The summed E-state index contributed by atoms with van der Waals surface area (Å²) in [6.07, 6.45) is 7.74. The first-order valence-corrected chi connectivity index (χ1v) is 15.1. The number of likely N-dealkylation sites (N-methyl/N-ethyl adjacent to an activating group) is 1. The topological polar surface area (TPSA) is 139 Å². The highest BCUT2D eigenvalue weighted by Crippen LogP contribution is 2.40. The minimum absolute atomic E-state index is 0.144. The Balaban J connectivity index is 1.35. The molecule has 1 amide bonds.